The van der Waals surface area contributed by atoms with Crippen molar-refractivity contribution in [2.45, 2.75) is 38.5 Å². The van der Waals surface area contributed by atoms with Crippen LogP contribution >= 0.6 is 0 Å². The SMILES string of the molecule is CCc1cc(C(=O)N[C@@H](c2ccc(C)cc2)[C@H](C)S(C)(=O)=O)n[nH]1. The van der Waals surface area contributed by atoms with Crippen LogP contribution in [0.4, 0.5) is 0 Å². The summed E-state index contributed by atoms with van der Waals surface area (Å²) >= 11 is 0. The molecule has 1 aromatic heterocycles. The quantitative estimate of drug-likeness (QED) is 0.836. The number of benzene rings is 1. The van der Waals surface area contributed by atoms with Gasteiger partial charge in [-0.15, -0.1) is 0 Å². The minimum Gasteiger partial charge on any atom is -0.343 e. The van der Waals surface area contributed by atoms with Crippen molar-refractivity contribution in [3.05, 3.63) is 52.8 Å². The molecule has 0 spiro atoms. The van der Waals surface area contributed by atoms with E-state index < -0.39 is 27.0 Å². The van der Waals surface area contributed by atoms with Crippen molar-refractivity contribution in [2.24, 2.45) is 0 Å². The predicted molar refractivity (Wildman–Crippen MR) is 93.7 cm³/mol. The molecule has 1 heterocycles. The molecule has 130 valence electrons. The van der Waals surface area contributed by atoms with Gasteiger partial charge >= 0.3 is 0 Å². The van der Waals surface area contributed by atoms with Crippen LogP contribution in [-0.2, 0) is 16.3 Å². The number of rotatable bonds is 6. The normalized spacial score (nSPS) is 14.2. The summed E-state index contributed by atoms with van der Waals surface area (Å²) in [5, 5.41) is 8.83. The van der Waals surface area contributed by atoms with Gasteiger partial charge in [-0.3, -0.25) is 9.89 Å². The number of nitrogens with one attached hydrogen (secondary N) is 2. The van der Waals surface area contributed by atoms with Gasteiger partial charge in [0.1, 0.15) is 5.69 Å². The molecule has 0 bridgehead atoms. The highest BCUT2D eigenvalue weighted by Gasteiger charge is 2.29. The summed E-state index contributed by atoms with van der Waals surface area (Å²) in [6.07, 6.45) is 1.91. The molecule has 1 amide bonds. The van der Waals surface area contributed by atoms with Crippen molar-refractivity contribution >= 4 is 15.7 Å². The number of aromatic nitrogens is 2. The Morgan fingerprint density at radius 1 is 1.29 bits per heavy atom. The monoisotopic (exact) mass is 349 g/mol. The van der Waals surface area contributed by atoms with Gasteiger partial charge < -0.3 is 5.32 Å². The molecule has 0 saturated carbocycles. The van der Waals surface area contributed by atoms with Gasteiger partial charge in [0.25, 0.3) is 5.91 Å². The number of carbonyl (C=O) groups is 1. The molecule has 1 aromatic carbocycles. The summed E-state index contributed by atoms with van der Waals surface area (Å²) in [7, 11) is -3.33. The van der Waals surface area contributed by atoms with Crippen molar-refractivity contribution in [2.75, 3.05) is 6.26 Å². The van der Waals surface area contributed by atoms with Gasteiger partial charge in [0.05, 0.1) is 11.3 Å². The maximum Gasteiger partial charge on any atom is 0.272 e. The highest BCUT2D eigenvalue weighted by Crippen LogP contribution is 2.23. The van der Waals surface area contributed by atoms with E-state index in [-0.39, 0.29) is 5.69 Å². The number of nitrogens with zero attached hydrogens (tertiary/aromatic N) is 1. The topological polar surface area (TPSA) is 91.9 Å². The van der Waals surface area contributed by atoms with Crippen molar-refractivity contribution in [3.8, 4) is 0 Å². The van der Waals surface area contributed by atoms with E-state index in [1.807, 2.05) is 38.1 Å². The van der Waals surface area contributed by atoms with E-state index in [4.69, 9.17) is 0 Å². The number of carbonyl (C=O) groups excluding carboxylic acids is 1. The molecule has 0 fully saturated rings. The molecule has 0 saturated heterocycles. The second-order valence-electron chi connectivity index (χ2n) is 6.03. The highest BCUT2D eigenvalue weighted by atomic mass is 32.2. The molecular formula is C17H23N3O3S. The molecular weight excluding hydrogens is 326 g/mol. The third kappa shape index (κ3) is 4.23. The lowest BCUT2D eigenvalue weighted by molar-refractivity contribution is 0.0931. The Kier molecular flexibility index (Phi) is 5.43. The lowest BCUT2D eigenvalue weighted by atomic mass is 10.0. The lowest BCUT2D eigenvalue weighted by Crippen LogP contribution is -2.38. The van der Waals surface area contributed by atoms with Gasteiger partial charge in [-0.25, -0.2) is 8.42 Å². The molecule has 2 atom stereocenters. The minimum absolute atomic E-state index is 0.254. The van der Waals surface area contributed by atoms with Crippen LogP contribution in [0, 0.1) is 6.92 Å². The Hall–Kier alpha value is -2.15. The number of amides is 1. The Morgan fingerprint density at radius 2 is 1.92 bits per heavy atom. The summed E-state index contributed by atoms with van der Waals surface area (Å²) in [6, 6.07) is 8.50. The third-order valence-corrected chi connectivity index (χ3v) is 5.74. The van der Waals surface area contributed by atoms with Crippen LogP contribution in [0.1, 0.15) is 47.2 Å². The number of hydrogen-bond donors (Lipinski definition) is 2. The van der Waals surface area contributed by atoms with Crippen LogP contribution in [0.25, 0.3) is 0 Å². The number of aromatic amines is 1. The van der Waals surface area contributed by atoms with Gasteiger partial charge in [-0.1, -0.05) is 36.8 Å². The Morgan fingerprint density at radius 3 is 2.42 bits per heavy atom. The molecule has 6 nitrogen and oxygen atoms in total. The maximum absolute atomic E-state index is 12.5. The zero-order valence-electron chi connectivity index (χ0n) is 14.3. The average Bonchev–Trinajstić information content (AvgIpc) is 3.01. The molecule has 2 aromatic rings. The fourth-order valence-electron chi connectivity index (χ4n) is 2.37. The summed E-state index contributed by atoms with van der Waals surface area (Å²) in [5.74, 6) is -0.396. The Bertz CT molecular complexity index is 810. The average molecular weight is 349 g/mol. The molecule has 0 unspecified atom stereocenters. The first-order valence-electron chi connectivity index (χ1n) is 7.83. The van der Waals surface area contributed by atoms with E-state index in [2.05, 4.69) is 15.5 Å². The number of aryl methyl sites for hydroxylation is 2. The van der Waals surface area contributed by atoms with Gasteiger partial charge in [0.15, 0.2) is 9.84 Å². The van der Waals surface area contributed by atoms with Crippen LogP contribution < -0.4 is 5.32 Å². The van der Waals surface area contributed by atoms with Gasteiger partial charge in [0, 0.05) is 11.9 Å². The van der Waals surface area contributed by atoms with Crippen LogP contribution in [-0.4, -0.2) is 36.0 Å². The first kappa shape index (κ1) is 18.2. The molecule has 7 heteroatoms. The van der Waals surface area contributed by atoms with Crippen LogP contribution in [0.2, 0.25) is 0 Å². The summed E-state index contributed by atoms with van der Waals surface area (Å²) < 4.78 is 24.0. The second kappa shape index (κ2) is 7.17. The number of H-pyrrole nitrogens is 1. The molecule has 2 N–H and O–H groups in total. The number of hydrogen-bond acceptors (Lipinski definition) is 4. The molecule has 0 aliphatic heterocycles. The van der Waals surface area contributed by atoms with Crippen molar-refractivity contribution in [3.63, 3.8) is 0 Å². The van der Waals surface area contributed by atoms with E-state index in [0.717, 1.165) is 23.2 Å². The highest BCUT2D eigenvalue weighted by molar-refractivity contribution is 7.91. The standard InChI is InChI=1S/C17H23N3O3S/c1-5-14-10-15(20-19-14)17(21)18-16(12(3)24(4,22)23)13-8-6-11(2)7-9-13/h6-10,12,16H,5H2,1-4H3,(H,18,21)(H,19,20)/t12-,16+/m0/s1. The zero-order valence-corrected chi connectivity index (χ0v) is 15.1. The molecule has 0 aliphatic carbocycles. The third-order valence-electron chi connectivity index (χ3n) is 4.11. The van der Waals surface area contributed by atoms with Crippen LogP contribution in [0.3, 0.4) is 0 Å². The van der Waals surface area contributed by atoms with E-state index in [9.17, 15) is 13.2 Å². The fourth-order valence-corrected chi connectivity index (χ4v) is 3.09. The first-order valence-corrected chi connectivity index (χ1v) is 9.78. The van der Waals surface area contributed by atoms with Gasteiger partial charge in [-0.2, -0.15) is 5.10 Å². The van der Waals surface area contributed by atoms with Crippen molar-refractivity contribution in [1.29, 1.82) is 0 Å². The van der Waals surface area contributed by atoms with E-state index in [1.165, 1.54) is 6.26 Å². The largest absolute Gasteiger partial charge is 0.343 e. The van der Waals surface area contributed by atoms with Crippen molar-refractivity contribution < 1.29 is 13.2 Å². The second-order valence-corrected chi connectivity index (χ2v) is 8.43. The Labute approximate surface area is 142 Å². The first-order chi connectivity index (χ1) is 11.2. The molecule has 2 rings (SSSR count). The number of sulfone groups is 1. The lowest BCUT2D eigenvalue weighted by Gasteiger charge is -2.24. The predicted octanol–water partition coefficient (Wildman–Crippen LogP) is 2.18. The molecule has 0 radical (unpaired) electrons. The molecule has 24 heavy (non-hydrogen) atoms. The zero-order chi connectivity index (χ0) is 17.9. The van der Waals surface area contributed by atoms with Crippen LogP contribution in [0.15, 0.2) is 30.3 Å². The van der Waals surface area contributed by atoms with E-state index >= 15 is 0 Å². The van der Waals surface area contributed by atoms with Gasteiger partial charge in [-0.05, 0) is 31.9 Å². The summed E-state index contributed by atoms with van der Waals surface area (Å²) in [4.78, 5) is 12.5. The van der Waals surface area contributed by atoms with E-state index in [1.54, 1.807) is 13.0 Å². The smallest absolute Gasteiger partial charge is 0.272 e. The van der Waals surface area contributed by atoms with Gasteiger partial charge in [0.2, 0.25) is 0 Å². The maximum atomic E-state index is 12.5. The summed E-state index contributed by atoms with van der Waals surface area (Å²) in [5.41, 5.74) is 2.92. The minimum atomic E-state index is -3.33. The Balaban J connectivity index is 2.32. The van der Waals surface area contributed by atoms with E-state index in [0.29, 0.717) is 0 Å². The van der Waals surface area contributed by atoms with Crippen molar-refractivity contribution in [1.82, 2.24) is 15.5 Å². The molecule has 0 aliphatic rings. The fraction of sp³-hybridized carbons (Fsp3) is 0.412. The van der Waals surface area contributed by atoms with Crippen LogP contribution in [0.5, 0.6) is 0 Å². The summed E-state index contributed by atoms with van der Waals surface area (Å²) in [6.45, 7) is 5.51.